The van der Waals surface area contributed by atoms with Crippen molar-refractivity contribution in [3.63, 3.8) is 0 Å². The van der Waals surface area contributed by atoms with E-state index in [2.05, 4.69) is 39.5 Å². The van der Waals surface area contributed by atoms with Gasteiger partial charge in [0.15, 0.2) is 4.96 Å². The van der Waals surface area contributed by atoms with Crippen molar-refractivity contribution in [1.29, 1.82) is 0 Å². The fourth-order valence-electron chi connectivity index (χ4n) is 3.78. The van der Waals surface area contributed by atoms with Crippen molar-refractivity contribution in [2.45, 2.75) is 44.5 Å². The van der Waals surface area contributed by atoms with Crippen molar-refractivity contribution in [2.24, 2.45) is 0 Å². The van der Waals surface area contributed by atoms with Crippen LogP contribution in [0, 0.1) is 0 Å². The molecule has 3 heterocycles. The van der Waals surface area contributed by atoms with E-state index in [0.717, 1.165) is 12.1 Å². The molecule has 164 valence electrons. The van der Waals surface area contributed by atoms with Gasteiger partial charge in [0.2, 0.25) is 5.91 Å². The monoisotopic (exact) mass is 456 g/mol. The van der Waals surface area contributed by atoms with Gasteiger partial charge in [0.1, 0.15) is 0 Å². The molecule has 1 aliphatic heterocycles. The molecule has 0 spiro atoms. The minimum absolute atomic E-state index is 0.00688. The van der Waals surface area contributed by atoms with Crippen molar-refractivity contribution in [2.75, 3.05) is 18.8 Å². The maximum absolute atomic E-state index is 12.2. The van der Waals surface area contributed by atoms with Crippen molar-refractivity contribution in [3.8, 4) is 0 Å². The van der Waals surface area contributed by atoms with Crippen LogP contribution in [0.4, 0.5) is 0 Å². The average Bonchev–Trinajstić information content (AvgIpc) is 3.10. The third-order valence-corrected chi connectivity index (χ3v) is 7.18. The summed E-state index contributed by atoms with van der Waals surface area (Å²) < 4.78 is 1.53. The zero-order valence-corrected chi connectivity index (χ0v) is 19.2. The highest BCUT2D eigenvalue weighted by atomic mass is 32.2. The molecule has 1 aliphatic rings. The molecule has 2 aromatic heterocycles. The van der Waals surface area contributed by atoms with Crippen LogP contribution in [0.2, 0.25) is 0 Å². The number of hydrogen-bond donors (Lipinski definition) is 1. The van der Waals surface area contributed by atoms with Crippen molar-refractivity contribution < 1.29 is 4.79 Å². The first-order valence-corrected chi connectivity index (χ1v) is 12.8. The summed E-state index contributed by atoms with van der Waals surface area (Å²) in [6, 6.07) is 10.1. The molecular formula is C23H28N4O2S2. The first-order chi connectivity index (χ1) is 15.2. The highest BCUT2D eigenvalue weighted by Crippen LogP contribution is 2.15. The Bertz CT molecular complexity index is 1050. The number of aromatic nitrogens is 2. The average molecular weight is 457 g/mol. The number of carbonyl (C=O) groups is 1. The lowest BCUT2D eigenvalue weighted by molar-refractivity contribution is -0.118. The Morgan fingerprint density at radius 1 is 1.10 bits per heavy atom. The molecule has 4 rings (SSSR count). The summed E-state index contributed by atoms with van der Waals surface area (Å²) in [7, 11) is 0. The molecule has 0 saturated carbocycles. The minimum Gasteiger partial charge on any atom is -0.351 e. The molecule has 0 radical (unpaired) electrons. The summed E-state index contributed by atoms with van der Waals surface area (Å²) >= 11 is 2.90. The molecule has 1 amide bonds. The molecule has 3 aromatic rings. The SMILES string of the molecule is O=C(CSCc1cc(=O)n2ccsc2n1)NCc1ccc(CN2CCCCCC2)cc1. The van der Waals surface area contributed by atoms with Crippen molar-refractivity contribution >= 4 is 34.0 Å². The number of nitrogens with one attached hydrogen (secondary N) is 1. The standard InChI is InChI=1S/C23H28N4O2S2/c28-21(17-30-16-20-13-22(29)27-11-12-31-23(27)25-20)24-14-18-5-7-19(8-6-18)15-26-9-3-1-2-4-10-26/h5-8,11-13H,1-4,9-10,14-17H2,(H,24,28). The molecule has 1 N–H and O–H groups in total. The number of thioether (sulfide) groups is 1. The number of carbonyl (C=O) groups excluding carboxylic acids is 1. The number of rotatable bonds is 8. The summed E-state index contributed by atoms with van der Waals surface area (Å²) in [5, 5.41) is 4.82. The third-order valence-electron chi connectivity index (χ3n) is 5.46. The molecule has 0 unspecified atom stereocenters. The lowest BCUT2D eigenvalue weighted by atomic mass is 10.1. The van der Waals surface area contributed by atoms with Crippen LogP contribution in [0.3, 0.4) is 0 Å². The van der Waals surface area contributed by atoms with Crippen molar-refractivity contribution in [1.82, 2.24) is 19.6 Å². The summed E-state index contributed by atoms with van der Waals surface area (Å²) in [5.74, 6) is 0.883. The van der Waals surface area contributed by atoms with E-state index in [4.69, 9.17) is 0 Å². The zero-order valence-electron chi connectivity index (χ0n) is 17.6. The minimum atomic E-state index is -0.0782. The normalized spacial score (nSPS) is 15.1. The first kappa shape index (κ1) is 22.0. The quantitative estimate of drug-likeness (QED) is 0.560. The number of hydrogen-bond acceptors (Lipinski definition) is 6. The Hall–Kier alpha value is -2.16. The van der Waals surface area contributed by atoms with E-state index < -0.39 is 0 Å². The van der Waals surface area contributed by atoms with Crippen LogP contribution in [0.15, 0.2) is 46.7 Å². The number of amides is 1. The van der Waals surface area contributed by atoms with Crippen LogP contribution in [-0.2, 0) is 23.6 Å². The van der Waals surface area contributed by atoms with E-state index in [9.17, 15) is 9.59 Å². The van der Waals surface area contributed by atoms with E-state index in [1.807, 2.05) is 5.38 Å². The van der Waals surface area contributed by atoms with Gasteiger partial charge < -0.3 is 5.32 Å². The molecule has 0 bridgehead atoms. The van der Waals surface area contributed by atoms with E-state index in [1.165, 1.54) is 77.9 Å². The molecule has 8 heteroatoms. The van der Waals surface area contributed by atoms with Gasteiger partial charge in [-0.2, -0.15) is 0 Å². The number of benzene rings is 1. The second kappa shape index (κ2) is 10.9. The number of likely N-dealkylation sites (tertiary alicyclic amines) is 1. The largest absolute Gasteiger partial charge is 0.351 e. The summed E-state index contributed by atoms with van der Waals surface area (Å²) in [5.41, 5.74) is 3.07. The summed E-state index contributed by atoms with van der Waals surface area (Å²) in [6.45, 7) is 3.94. The van der Waals surface area contributed by atoms with Gasteiger partial charge in [-0.3, -0.25) is 18.9 Å². The van der Waals surface area contributed by atoms with Gasteiger partial charge in [0.25, 0.3) is 5.56 Å². The van der Waals surface area contributed by atoms with Crippen molar-refractivity contribution in [3.05, 3.63) is 69.1 Å². The van der Waals surface area contributed by atoms with Crippen LogP contribution < -0.4 is 10.9 Å². The Kier molecular flexibility index (Phi) is 7.77. The van der Waals surface area contributed by atoms with Crippen LogP contribution in [-0.4, -0.2) is 39.0 Å². The maximum Gasteiger partial charge on any atom is 0.258 e. The molecule has 6 nitrogen and oxygen atoms in total. The van der Waals surface area contributed by atoms with E-state index in [0.29, 0.717) is 28.7 Å². The molecule has 1 aromatic carbocycles. The Morgan fingerprint density at radius 3 is 2.61 bits per heavy atom. The van der Waals surface area contributed by atoms with E-state index >= 15 is 0 Å². The van der Waals surface area contributed by atoms with Gasteiger partial charge in [0, 0.05) is 36.5 Å². The molecule has 0 aliphatic carbocycles. The fourth-order valence-corrected chi connectivity index (χ4v) is 5.26. The second-order valence-corrected chi connectivity index (χ2v) is 9.78. The Balaban J connectivity index is 1.19. The predicted octanol–water partition coefficient (Wildman–Crippen LogP) is 3.68. The van der Waals surface area contributed by atoms with Gasteiger partial charge in [0.05, 0.1) is 11.4 Å². The van der Waals surface area contributed by atoms with Crippen LogP contribution in [0.5, 0.6) is 0 Å². The van der Waals surface area contributed by atoms with E-state index in [-0.39, 0.29) is 11.5 Å². The smallest absolute Gasteiger partial charge is 0.258 e. The highest BCUT2D eigenvalue weighted by Gasteiger charge is 2.10. The topological polar surface area (TPSA) is 66.7 Å². The van der Waals surface area contributed by atoms with Gasteiger partial charge >= 0.3 is 0 Å². The molecule has 1 fully saturated rings. The lowest BCUT2D eigenvalue weighted by Crippen LogP contribution is -2.25. The molecular weight excluding hydrogens is 428 g/mol. The highest BCUT2D eigenvalue weighted by molar-refractivity contribution is 7.99. The zero-order chi connectivity index (χ0) is 21.5. The van der Waals surface area contributed by atoms with Gasteiger partial charge in [-0.1, -0.05) is 37.1 Å². The lowest BCUT2D eigenvalue weighted by Gasteiger charge is -2.19. The summed E-state index contributed by atoms with van der Waals surface area (Å²) in [4.78, 5) is 31.9. The number of fused-ring (bicyclic) bond motifs is 1. The Labute approximate surface area is 190 Å². The maximum atomic E-state index is 12.2. The molecule has 0 atom stereocenters. The first-order valence-electron chi connectivity index (χ1n) is 10.8. The molecule has 1 saturated heterocycles. The third kappa shape index (κ3) is 6.41. The second-order valence-electron chi connectivity index (χ2n) is 7.92. The summed E-state index contributed by atoms with van der Waals surface area (Å²) in [6.07, 6.45) is 7.04. The van der Waals surface area contributed by atoms with Crippen LogP contribution in [0.25, 0.3) is 4.96 Å². The number of thiazole rings is 1. The fraction of sp³-hybridized carbons (Fsp3) is 0.435. The molecule has 31 heavy (non-hydrogen) atoms. The van der Waals surface area contributed by atoms with Crippen LogP contribution in [0.1, 0.15) is 42.5 Å². The number of nitrogens with zero attached hydrogens (tertiary/aromatic N) is 3. The Morgan fingerprint density at radius 2 is 1.84 bits per heavy atom. The van der Waals surface area contributed by atoms with E-state index in [1.54, 1.807) is 6.20 Å². The van der Waals surface area contributed by atoms with Crippen LogP contribution >= 0.6 is 23.1 Å². The van der Waals surface area contributed by atoms with Gasteiger partial charge in [-0.15, -0.1) is 23.1 Å². The van der Waals surface area contributed by atoms with Gasteiger partial charge in [-0.05, 0) is 37.1 Å². The predicted molar refractivity (Wildman–Crippen MR) is 128 cm³/mol. The van der Waals surface area contributed by atoms with Gasteiger partial charge in [-0.25, -0.2) is 4.98 Å².